The summed E-state index contributed by atoms with van der Waals surface area (Å²) >= 11 is 0. The molecule has 0 atom stereocenters. The molecule has 24 heavy (non-hydrogen) atoms. The van der Waals surface area contributed by atoms with Crippen LogP contribution < -0.4 is 14.8 Å². The molecule has 1 amide bonds. The summed E-state index contributed by atoms with van der Waals surface area (Å²) in [6, 6.07) is 8.99. The molecule has 3 aromatic rings. The van der Waals surface area contributed by atoms with Gasteiger partial charge in [0, 0.05) is 25.5 Å². The van der Waals surface area contributed by atoms with Gasteiger partial charge in [0.15, 0.2) is 0 Å². The number of benzene rings is 1. The SMILES string of the molecule is COc1ccc(NC(=O)c2cnn(C)c2-n2cccc2)c(OC)c1. The van der Waals surface area contributed by atoms with E-state index in [1.165, 1.54) is 0 Å². The van der Waals surface area contributed by atoms with E-state index < -0.39 is 0 Å². The van der Waals surface area contributed by atoms with Crippen LogP contribution in [-0.4, -0.2) is 34.5 Å². The summed E-state index contributed by atoms with van der Waals surface area (Å²) in [7, 11) is 4.91. The highest BCUT2D eigenvalue weighted by Crippen LogP contribution is 2.29. The zero-order valence-electron chi connectivity index (χ0n) is 13.7. The Morgan fingerprint density at radius 1 is 1.17 bits per heavy atom. The number of anilines is 1. The number of rotatable bonds is 5. The zero-order chi connectivity index (χ0) is 17.1. The Morgan fingerprint density at radius 2 is 1.92 bits per heavy atom. The van der Waals surface area contributed by atoms with Gasteiger partial charge in [-0.1, -0.05) is 0 Å². The third-order valence-corrected chi connectivity index (χ3v) is 3.66. The number of amides is 1. The van der Waals surface area contributed by atoms with Crippen LogP contribution in [0.15, 0.2) is 48.9 Å². The Kier molecular flexibility index (Phi) is 4.24. The molecule has 0 bridgehead atoms. The maximum absolute atomic E-state index is 12.7. The quantitative estimate of drug-likeness (QED) is 0.782. The van der Waals surface area contributed by atoms with E-state index in [1.807, 2.05) is 29.1 Å². The van der Waals surface area contributed by atoms with Gasteiger partial charge in [0.25, 0.3) is 5.91 Å². The highest BCUT2D eigenvalue weighted by atomic mass is 16.5. The lowest BCUT2D eigenvalue weighted by Crippen LogP contribution is -2.15. The fourth-order valence-corrected chi connectivity index (χ4v) is 2.46. The second-order valence-electron chi connectivity index (χ2n) is 5.12. The number of hydrogen-bond acceptors (Lipinski definition) is 4. The van der Waals surface area contributed by atoms with Gasteiger partial charge < -0.3 is 19.4 Å². The minimum Gasteiger partial charge on any atom is -0.497 e. The predicted molar refractivity (Wildman–Crippen MR) is 90.0 cm³/mol. The molecule has 7 nitrogen and oxygen atoms in total. The molecule has 1 N–H and O–H groups in total. The molecule has 3 rings (SSSR count). The number of carbonyl (C=O) groups is 1. The average Bonchev–Trinajstić information content (AvgIpc) is 3.24. The molecule has 0 saturated carbocycles. The third-order valence-electron chi connectivity index (χ3n) is 3.66. The minimum absolute atomic E-state index is 0.268. The van der Waals surface area contributed by atoms with Crippen LogP contribution in [0.4, 0.5) is 5.69 Å². The molecule has 0 aliphatic carbocycles. The van der Waals surface area contributed by atoms with Crippen molar-refractivity contribution in [2.45, 2.75) is 0 Å². The molecular formula is C17H18N4O3. The van der Waals surface area contributed by atoms with E-state index in [1.54, 1.807) is 50.3 Å². The van der Waals surface area contributed by atoms with E-state index in [9.17, 15) is 4.79 Å². The van der Waals surface area contributed by atoms with Crippen molar-refractivity contribution >= 4 is 11.6 Å². The highest BCUT2D eigenvalue weighted by molar-refractivity contribution is 6.07. The standard InChI is InChI=1S/C17H18N4O3/c1-20-17(21-8-4-5-9-21)13(11-18-20)16(22)19-14-7-6-12(23-2)10-15(14)24-3/h4-11H,1-3H3,(H,19,22). The number of aryl methyl sites for hydroxylation is 1. The first-order chi connectivity index (χ1) is 11.6. The number of methoxy groups -OCH3 is 2. The molecule has 2 aromatic heterocycles. The highest BCUT2D eigenvalue weighted by Gasteiger charge is 2.18. The molecule has 1 aromatic carbocycles. The number of hydrogen-bond donors (Lipinski definition) is 1. The van der Waals surface area contributed by atoms with Crippen LogP contribution >= 0.6 is 0 Å². The van der Waals surface area contributed by atoms with Gasteiger partial charge in [0.1, 0.15) is 22.9 Å². The maximum Gasteiger partial charge on any atom is 0.261 e. The monoisotopic (exact) mass is 326 g/mol. The van der Waals surface area contributed by atoms with Crippen molar-refractivity contribution in [3.05, 3.63) is 54.5 Å². The molecule has 0 aliphatic heterocycles. The molecule has 0 aliphatic rings. The molecule has 0 unspecified atom stereocenters. The normalized spacial score (nSPS) is 10.5. The smallest absolute Gasteiger partial charge is 0.261 e. The molecule has 124 valence electrons. The number of aromatic nitrogens is 3. The number of nitrogens with one attached hydrogen (secondary N) is 1. The molecule has 0 spiro atoms. The largest absolute Gasteiger partial charge is 0.497 e. The minimum atomic E-state index is -0.268. The van der Waals surface area contributed by atoms with Gasteiger partial charge in [0.05, 0.1) is 26.1 Å². The van der Waals surface area contributed by atoms with Crippen molar-refractivity contribution in [3.8, 4) is 17.3 Å². The first kappa shape index (κ1) is 15.7. The van der Waals surface area contributed by atoms with Gasteiger partial charge in [0.2, 0.25) is 0 Å². The van der Waals surface area contributed by atoms with Gasteiger partial charge in [-0.2, -0.15) is 5.10 Å². The van der Waals surface area contributed by atoms with Gasteiger partial charge in [-0.25, -0.2) is 0 Å². The van der Waals surface area contributed by atoms with Crippen LogP contribution in [0.5, 0.6) is 11.5 Å². The number of carbonyl (C=O) groups excluding carboxylic acids is 1. The molecule has 0 saturated heterocycles. The molecule has 7 heteroatoms. The van der Waals surface area contributed by atoms with Crippen molar-refractivity contribution in [3.63, 3.8) is 0 Å². The Bertz CT molecular complexity index is 853. The van der Waals surface area contributed by atoms with E-state index in [0.717, 1.165) is 0 Å². The van der Waals surface area contributed by atoms with Crippen molar-refractivity contribution < 1.29 is 14.3 Å². The summed E-state index contributed by atoms with van der Waals surface area (Å²) in [6.07, 6.45) is 5.27. The number of ether oxygens (including phenoxy) is 2. The Morgan fingerprint density at radius 3 is 2.58 bits per heavy atom. The molecular weight excluding hydrogens is 308 g/mol. The van der Waals surface area contributed by atoms with Crippen molar-refractivity contribution in [1.82, 2.24) is 14.3 Å². The van der Waals surface area contributed by atoms with Crippen LogP contribution in [0.1, 0.15) is 10.4 Å². The van der Waals surface area contributed by atoms with Crippen LogP contribution in [0.25, 0.3) is 5.82 Å². The fourth-order valence-electron chi connectivity index (χ4n) is 2.46. The predicted octanol–water partition coefficient (Wildman–Crippen LogP) is 2.48. The van der Waals surface area contributed by atoms with Crippen molar-refractivity contribution in [2.75, 3.05) is 19.5 Å². The van der Waals surface area contributed by atoms with Gasteiger partial charge in [-0.05, 0) is 24.3 Å². The lowest BCUT2D eigenvalue weighted by atomic mass is 10.2. The topological polar surface area (TPSA) is 70.3 Å². The Balaban J connectivity index is 1.92. The summed E-state index contributed by atoms with van der Waals surface area (Å²) < 4.78 is 14.0. The van der Waals surface area contributed by atoms with E-state index in [2.05, 4.69) is 10.4 Å². The Hall–Kier alpha value is -3.22. The van der Waals surface area contributed by atoms with E-state index in [-0.39, 0.29) is 5.91 Å². The second kappa shape index (κ2) is 6.49. The molecule has 0 radical (unpaired) electrons. The zero-order valence-corrected chi connectivity index (χ0v) is 13.7. The molecule has 0 fully saturated rings. The summed E-state index contributed by atoms with van der Waals surface area (Å²) in [5.74, 6) is 1.59. The maximum atomic E-state index is 12.7. The van der Waals surface area contributed by atoms with Gasteiger partial charge in [-0.15, -0.1) is 0 Å². The number of nitrogens with zero attached hydrogens (tertiary/aromatic N) is 3. The van der Waals surface area contributed by atoms with Gasteiger partial charge >= 0.3 is 0 Å². The van der Waals surface area contributed by atoms with Gasteiger partial charge in [-0.3, -0.25) is 9.48 Å². The van der Waals surface area contributed by atoms with Crippen LogP contribution in [0.3, 0.4) is 0 Å². The van der Waals surface area contributed by atoms with E-state index in [0.29, 0.717) is 28.6 Å². The van der Waals surface area contributed by atoms with Crippen LogP contribution in [0.2, 0.25) is 0 Å². The average molecular weight is 326 g/mol. The summed E-state index contributed by atoms with van der Waals surface area (Å²) in [5.41, 5.74) is 1.03. The summed E-state index contributed by atoms with van der Waals surface area (Å²) in [6.45, 7) is 0. The van der Waals surface area contributed by atoms with Crippen molar-refractivity contribution in [2.24, 2.45) is 7.05 Å². The van der Waals surface area contributed by atoms with Crippen LogP contribution in [0, 0.1) is 0 Å². The lowest BCUT2D eigenvalue weighted by Gasteiger charge is -2.12. The Labute approximate surface area is 139 Å². The second-order valence-corrected chi connectivity index (χ2v) is 5.12. The fraction of sp³-hybridized carbons (Fsp3) is 0.176. The van der Waals surface area contributed by atoms with E-state index >= 15 is 0 Å². The first-order valence-electron chi connectivity index (χ1n) is 7.32. The van der Waals surface area contributed by atoms with E-state index in [4.69, 9.17) is 9.47 Å². The van der Waals surface area contributed by atoms with Crippen molar-refractivity contribution in [1.29, 1.82) is 0 Å². The summed E-state index contributed by atoms with van der Waals surface area (Å²) in [5, 5.41) is 7.05. The first-order valence-corrected chi connectivity index (χ1v) is 7.32. The molecule has 2 heterocycles. The lowest BCUT2D eigenvalue weighted by molar-refractivity contribution is 0.102. The summed E-state index contributed by atoms with van der Waals surface area (Å²) in [4.78, 5) is 12.7. The van der Waals surface area contributed by atoms with Crippen LogP contribution in [-0.2, 0) is 7.05 Å². The third kappa shape index (κ3) is 2.83.